The van der Waals surface area contributed by atoms with Crippen LogP contribution in [0.15, 0.2) is 0 Å². The van der Waals surface area contributed by atoms with E-state index in [1.54, 1.807) is 11.3 Å². The van der Waals surface area contributed by atoms with Crippen molar-refractivity contribution < 1.29 is 9.90 Å². The summed E-state index contributed by atoms with van der Waals surface area (Å²) in [6, 6.07) is 0. The van der Waals surface area contributed by atoms with Gasteiger partial charge in [0, 0.05) is 11.4 Å². The van der Waals surface area contributed by atoms with E-state index in [9.17, 15) is 4.79 Å². The molecule has 0 aliphatic rings. The van der Waals surface area contributed by atoms with Gasteiger partial charge in [-0.2, -0.15) is 0 Å². The fourth-order valence-corrected chi connectivity index (χ4v) is 2.42. The maximum absolute atomic E-state index is 11.1. The number of aromatic nitrogens is 1. The van der Waals surface area contributed by atoms with Crippen molar-refractivity contribution in [1.29, 1.82) is 0 Å². The topological polar surface area (TPSA) is 62.2 Å². The lowest BCUT2D eigenvalue weighted by molar-refractivity contribution is -0.141. The summed E-state index contributed by atoms with van der Waals surface area (Å²) in [5, 5.41) is 13.0. The molecule has 96 valence electrons. The molecule has 0 saturated carbocycles. The van der Waals surface area contributed by atoms with Gasteiger partial charge in [0.05, 0.1) is 11.6 Å². The summed E-state index contributed by atoms with van der Waals surface area (Å²) in [4.78, 5) is 16.6. The van der Waals surface area contributed by atoms with E-state index in [2.05, 4.69) is 10.3 Å². The van der Waals surface area contributed by atoms with Crippen LogP contribution in [-0.4, -0.2) is 22.6 Å². The largest absolute Gasteiger partial charge is 0.481 e. The minimum Gasteiger partial charge on any atom is -0.481 e. The number of hydrogen-bond acceptors (Lipinski definition) is 4. The van der Waals surface area contributed by atoms with Crippen molar-refractivity contribution in [3.05, 3.63) is 10.6 Å². The van der Waals surface area contributed by atoms with Crippen LogP contribution in [0.2, 0.25) is 0 Å². The second-order valence-corrected chi connectivity index (χ2v) is 5.91. The Kier molecular flexibility index (Phi) is 4.93. The number of aryl methyl sites for hydroxylation is 2. The maximum Gasteiger partial charge on any atom is 0.308 e. The SMILES string of the molecule is Cc1nc(NCC(CC(C)C)C(=O)O)sc1C. The lowest BCUT2D eigenvalue weighted by atomic mass is 9.97. The molecule has 2 N–H and O–H groups in total. The van der Waals surface area contributed by atoms with Crippen molar-refractivity contribution >= 4 is 22.4 Å². The van der Waals surface area contributed by atoms with E-state index in [-0.39, 0.29) is 5.92 Å². The van der Waals surface area contributed by atoms with E-state index in [0.717, 1.165) is 10.8 Å². The molecular weight excluding hydrogens is 236 g/mol. The molecule has 0 saturated heterocycles. The van der Waals surface area contributed by atoms with Crippen LogP contribution in [0.1, 0.15) is 30.8 Å². The Morgan fingerprint density at radius 2 is 2.12 bits per heavy atom. The molecule has 0 aliphatic carbocycles. The van der Waals surface area contributed by atoms with Crippen LogP contribution in [0.3, 0.4) is 0 Å². The highest BCUT2D eigenvalue weighted by Gasteiger charge is 2.19. The standard InChI is InChI=1S/C12H20N2O2S/c1-7(2)5-10(11(15)16)6-13-12-14-8(3)9(4)17-12/h7,10H,5-6H2,1-4H3,(H,13,14)(H,15,16). The Morgan fingerprint density at radius 3 is 2.53 bits per heavy atom. The van der Waals surface area contributed by atoms with Crippen molar-refractivity contribution in [2.75, 3.05) is 11.9 Å². The lowest BCUT2D eigenvalue weighted by Gasteiger charge is -2.14. The first-order chi connectivity index (χ1) is 7.90. The van der Waals surface area contributed by atoms with Crippen molar-refractivity contribution in [3.8, 4) is 0 Å². The molecule has 0 aromatic carbocycles. The first-order valence-corrected chi connectivity index (χ1v) is 6.62. The summed E-state index contributed by atoms with van der Waals surface area (Å²) in [5.41, 5.74) is 1.01. The van der Waals surface area contributed by atoms with Gasteiger partial charge in [0.2, 0.25) is 0 Å². The number of carboxylic acid groups (broad SMARTS) is 1. The molecule has 0 fully saturated rings. The molecule has 17 heavy (non-hydrogen) atoms. The molecule has 1 aromatic rings. The Labute approximate surface area is 106 Å². The van der Waals surface area contributed by atoms with Gasteiger partial charge in [0.25, 0.3) is 0 Å². The van der Waals surface area contributed by atoms with E-state index < -0.39 is 5.97 Å². The van der Waals surface area contributed by atoms with E-state index in [1.165, 1.54) is 4.88 Å². The number of carboxylic acids is 1. The first kappa shape index (κ1) is 14.0. The number of hydrogen-bond donors (Lipinski definition) is 2. The highest BCUT2D eigenvalue weighted by Crippen LogP contribution is 2.22. The summed E-state index contributed by atoms with van der Waals surface area (Å²) in [6.07, 6.45) is 0.686. The molecule has 0 amide bonds. The number of rotatable bonds is 6. The van der Waals surface area contributed by atoms with E-state index in [0.29, 0.717) is 18.9 Å². The van der Waals surface area contributed by atoms with Crippen LogP contribution >= 0.6 is 11.3 Å². The van der Waals surface area contributed by atoms with E-state index in [1.807, 2.05) is 27.7 Å². The highest BCUT2D eigenvalue weighted by atomic mass is 32.1. The second-order valence-electron chi connectivity index (χ2n) is 4.71. The van der Waals surface area contributed by atoms with Gasteiger partial charge in [-0.05, 0) is 26.2 Å². The molecule has 1 aromatic heterocycles. The maximum atomic E-state index is 11.1. The molecule has 1 unspecified atom stereocenters. The predicted molar refractivity (Wildman–Crippen MR) is 70.7 cm³/mol. The molecule has 0 spiro atoms. The lowest BCUT2D eigenvalue weighted by Crippen LogP contribution is -2.24. The third-order valence-electron chi connectivity index (χ3n) is 2.63. The van der Waals surface area contributed by atoms with Gasteiger partial charge in [-0.25, -0.2) is 4.98 Å². The van der Waals surface area contributed by atoms with Crippen molar-refractivity contribution in [3.63, 3.8) is 0 Å². The van der Waals surface area contributed by atoms with Crippen molar-refractivity contribution in [2.45, 2.75) is 34.1 Å². The normalized spacial score (nSPS) is 12.8. The average Bonchev–Trinajstić information content (AvgIpc) is 2.52. The minimum atomic E-state index is -0.740. The quantitative estimate of drug-likeness (QED) is 0.821. The van der Waals surface area contributed by atoms with Gasteiger partial charge in [0.15, 0.2) is 5.13 Å². The van der Waals surface area contributed by atoms with Crippen LogP contribution in [0.25, 0.3) is 0 Å². The Hall–Kier alpha value is -1.10. The Morgan fingerprint density at radius 1 is 1.47 bits per heavy atom. The highest BCUT2D eigenvalue weighted by molar-refractivity contribution is 7.15. The number of thiazole rings is 1. The van der Waals surface area contributed by atoms with Crippen LogP contribution in [0.5, 0.6) is 0 Å². The van der Waals surface area contributed by atoms with Crippen molar-refractivity contribution in [1.82, 2.24) is 4.98 Å². The molecule has 1 atom stereocenters. The molecule has 1 rings (SSSR count). The number of aliphatic carboxylic acids is 1. The van der Waals surface area contributed by atoms with Gasteiger partial charge in [-0.1, -0.05) is 13.8 Å². The van der Waals surface area contributed by atoms with Crippen molar-refractivity contribution in [2.24, 2.45) is 11.8 Å². The third-order valence-corrected chi connectivity index (χ3v) is 3.66. The minimum absolute atomic E-state index is 0.348. The Bertz CT molecular complexity index is 368. The van der Waals surface area contributed by atoms with Crippen LogP contribution in [0.4, 0.5) is 5.13 Å². The number of carbonyl (C=O) groups is 1. The summed E-state index contributed by atoms with van der Waals surface area (Å²) in [7, 11) is 0. The van der Waals surface area contributed by atoms with Gasteiger partial charge in [-0.3, -0.25) is 4.79 Å². The van der Waals surface area contributed by atoms with Gasteiger partial charge < -0.3 is 10.4 Å². The summed E-state index contributed by atoms with van der Waals surface area (Å²) in [6.45, 7) is 8.49. The monoisotopic (exact) mass is 256 g/mol. The van der Waals surface area contributed by atoms with Crippen LogP contribution in [-0.2, 0) is 4.79 Å². The zero-order valence-corrected chi connectivity index (χ0v) is 11.6. The molecular formula is C12H20N2O2S. The fraction of sp³-hybridized carbons (Fsp3) is 0.667. The number of anilines is 1. The summed E-state index contributed by atoms with van der Waals surface area (Å²) in [5.74, 6) is -0.701. The van der Waals surface area contributed by atoms with E-state index >= 15 is 0 Å². The molecule has 5 heteroatoms. The van der Waals surface area contributed by atoms with E-state index in [4.69, 9.17) is 5.11 Å². The van der Waals surface area contributed by atoms with Crippen LogP contribution in [0, 0.1) is 25.7 Å². The molecule has 4 nitrogen and oxygen atoms in total. The van der Waals surface area contributed by atoms with Gasteiger partial charge in [-0.15, -0.1) is 11.3 Å². The molecule has 0 radical (unpaired) electrons. The van der Waals surface area contributed by atoms with Gasteiger partial charge >= 0.3 is 5.97 Å². The average molecular weight is 256 g/mol. The zero-order chi connectivity index (χ0) is 13.0. The van der Waals surface area contributed by atoms with Gasteiger partial charge in [0.1, 0.15) is 0 Å². The second kappa shape index (κ2) is 6.00. The summed E-state index contributed by atoms with van der Waals surface area (Å²) < 4.78 is 0. The third kappa shape index (κ3) is 4.34. The number of nitrogens with zero attached hydrogens (tertiary/aromatic N) is 1. The summed E-state index contributed by atoms with van der Waals surface area (Å²) >= 11 is 1.57. The molecule has 0 aliphatic heterocycles. The molecule has 1 heterocycles. The predicted octanol–water partition coefficient (Wildman–Crippen LogP) is 2.92. The molecule has 0 bridgehead atoms. The first-order valence-electron chi connectivity index (χ1n) is 5.80. The fourth-order valence-electron chi connectivity index (χ4n) is 1.60. The van der Waals surface area contributed by atoms with Crippen LogP contribution < -0.4 is 5.32 Å². The smallest absolute Gasteiger partial charge is 0.308 e. The zero-order valence-electron chi connectivity index (χ0n) is 10.8. The Balaban J connectivity index is 2.54. The number of nitrogens with one attached hydrogen (secondary N) is 1.